The van der Waals surface area contributed by atoms with E-state index in [1.807, 2.05) is 6.92 Å². The summed E-state index contributed by atoms with van der Waals surface area (Å²) in [6.07, 6.45) is -2.23. The molecule has 1 atom stereocenters. The van der Waals surface area contributed by atoms with Crippen molar-refractivity contribution in [3.05, 3.63) is 34.9 Å². The van der Waals surface area contributed by atoms with Crippen LogP contribution in [0.3, 0.4) is 0 Å². The second kappa shape index (κ2) is 5.19. The van der Waals surface area contributed by atoms with Crippen molar-refractivity contribution in [3.8, 4) is 0 Å². The Kier molecular flexibility index (Phi) is 4.17. The molecule has 0 fully saturated rings. The second-order valence-corrected chi connectivity index (χ2v) is 3.55. The first-order valence-corrected chi connectivity index (χ1v) is 4.81. The van der Waals surface area contributed by atoms with Gasteiger partial charge in [0.05, 0.1) is 0 Å². The maximum atomic E-state index is 12.6. The first-order chi connectivity index (χ1) is 7.06. The van der Waals surface area contributed by atoms with Crippen molar-refractivity contribution in [1.29, 1.82) is 0 Å². The molecule has 0 aromatic heterocycles. The summed E-state index contributed by atoms with van der Waals surface area (Å²) in [7, 11) is 0. The molecule has 0 spiro atoms. The number of aliphatic hydroxyl groups is 1. The molecule has 4 heteroatoms. The molecular formula is C11H15F2NO. The van der Waals surface area contributed by atoms with Gasteiger partial charge in [0.2, 0.25) is 0 Å². The Hall–Kier alpha value is -1.00. The fourth-order valence-corrected chi connectivity index (χ4v) is 1.51. The van der Waals surface area contributed by atoms with Gasteiger partial charge in [-0.05, 0) is 18.9 Å². The van der Waals surface area contributed by atoms with E-state index in [4.69, 9.17) is 10.8 Å². The number of hydrogen-bond donors (Lipinski definition) is 2. The van der Waals surface area contributed by atoms with Crippen LogP contribution in [0, 0.1) is 6.92 Å². The molecule has 15 heavy (non-hydrogen) atoms. The van der Waals surface area contributed by atoms with Gasteiger partial charge in [0.1, 0.15) is 0 Å². The van der Waals surface area contributed by atoms with Crippen molar-refractivity contribution in [2.75, 3.05) is 6.61 Å². The van der Waals surface area contributed by atoms with E-state index < -0.39 is 12.5 Å². The summed E-state index contributed by atoms with van der Waals surface area (Å²) in [4.78, 5) is 0. The summed E-state index contributed by atoms with van der Waals surface area (Å²) in [6.45, 7) is 1.72. The van der Waals surface area contributed by atoms with E-state index in [0.29, 0.717) is 12.0 Å². The van der Waals surface area contributed by atoms with Gasteiger partial charge in [-0.1, -0.05) is 23.8 Å². The average molecular weight is 215 g/mol. The van der Waals surface area contributed by atoms with Gasteiger partial charge < -0.3 is 10.8 Å². The predicted molar refractivity (Wildman–Crippen MR) is 54.8 cm³/mol. The Morgan fingerprint density at radius 2 is 2.00 bits per heavy atom. The van der Waals surface area contributed by atoms with Crippen LogP contribution in [0.25, 0.3) is 0 Å². The fraction of sp³-hybridized carbons (Fsp3) is 0.455. The van der Waals surface area contributed by atoms with Crippen LogP contribution in [0.15, 0.2) is 18.2 Å². The van der Waals surface area contributed by atoms with E-state index >= 15 is 0 Å². The summed E-state index contributed by atoms with van der Waals surface area (Å²) < 4.78 is 25.3. The van der Waals surface area contributed by atoms with Crippen LogP contribution in [-0.2, 0) is 0 Å². The highest BCUT2D eigenvalue weighted by Gasteiger charge is 2.17. The first kappa shape index (κ1) is 12.1. The number of benzene rings is 1. The Balaban J connectivity index is 3.06. The summed E-state index contributed by atoms with van der Waals surface area (Å²) in [5.41, 5.74) is 7.00. The van der Waals surface area contributed by atoms with Gasteiger partial charge in [-0.3, -0.25) is 0 Å². The average Bonchev–Trinajstić information content (AvgIpc) is 2.17. The summed E-state index contributed by atoms with van der Waals surface area (Å²) >= 11 is 0. The van der Waals surface area contributed by atoms with Crippen LogP contribution in [0.5, 0.6) is 0 Å². The third-order valence-corrected chi connectivity index (χ3v) is 2.32. The van der Waals surface area contributed by atoms with E-state index in [0.717, 1.165) is 5.56 Å². The fourth-order valence-electron chi connectivity index (χ4n) is 1.51. The first-order valence-electron chi connectivity index (χ1n) is 4.81. The maximum absolute atomic E-state index is 12.6. The molecule has 2 nitrogen and oxygen atoms in total. The predicted octanol–water partition coefficient (Wildman–Crippen LogP) is 2.31. The lowest BCUT2D eigenvalue weighted by molar-refractivity contribution is 0.149. The van der Waals surface area contributed by atoms with Crippen molar-refractivity contribution in [2.24, 2.45) is 5.73 Å². The Bertz CT molecular complexity index is 328. The quantitative estimate of drug-likeness (QED) is 0.809. The summed E-state index contributed by atoms with van der Waals surface area (Å²) in [6, 6.07) is 4.16. The Morgan fingerprint density at radius 1 is 1.33 bits per heavy atom. The normalized spacial score (nSPS) is 13.2. The third-order valence-electron chi connectivity index (χ3n) is 2.32. The minimum Gasteiger partial charge on any atom is -0.396 e. The molecule has 0 saturated carbocycles. The van der Waals surface area contributed by atoms with Crippen LogP contribution in [0.2, 0.25) is 0 Å². The zero-order chi connectivity index (χ0) is 11.4. The van der Waals surface area contributed by atoms with Crippen LogP contribution >= 0.6 is 0 Å². The van der Waals surface area contributed by atoms with Crippen LogP contribution in [0.1, 0.15) is 35.6 Å². The van der Waals surface area contributed by atoms with Gasteiger partial charge >= 0.3 is 0 Å². The number of hydrogen-bond acceptors (Lipinski definition) is 2. The van der Waals surface area contributed by atoms with E-state index in [9.17, 15) is 8.78 Å². The molecule has 1 aromatic carbocycles. The third kappa shape index (κ3) is 2.97. The number of halogens is 2. The van der Waals surface area contributed by atoms with Crippen LogP contribution in [-0.4, -0.2) is 11.7 Å². The summed E-state index contributed by atoms with van der Waals surface area (Å²) in [5.74, 6) is 0. The molecule has 3 N–H and O–H groups in total. The number of aryl methyl sites for hydroxylation is 1. The van der Waals surface area contributed by atoms with Crippen molar-refractivity contribution >= 4 is 0 Å². The Labute approximate surface area is 87.7 Å². The van der Waals surface area contributed by atoms with Crippen molar-refractivity contribution in [2.45, 2.75) is 25.8 Å². The SMILES string of the molecule is Cc1ccc(C(F)F)c(C(N)CCO)c1. The lowest BCUT2D eigenvalue weighted by Gasteiger charge is -2.16. The molecule has 0 aliphatic rings. The molecule has 0 radical (unpaired) electrons. The van der Waals surface area contributed by atoms with E-state index in [1.165, 1.54) is 6.07 Å². The Morgan fingerprint density at radius 3 is 2.53 bits per heavy atom. The molecule has 84 valence electrons. The molecule has 1 aromatic rings. The van der Waals surface area contributed by atoms with Gasteiger partial charge in [0.25, 0.3) is 6.43 Å². The number of aliphatic hydroxyl groups excluding tert-OH is 1. The molecule has 0 aliphatic carbocycles. The van der Waals surface area contributed by atoms with Gasteiger partial charge in [-0.25, -0.2) is 8.78 Å². The zero-order valence-electron chi connectivity index (χ0n) is 8.58. The van der Waals surface area contributed by atoms with Crippen molar-refractivity contribution in [3.63, 3.8) is 0 Å². The highest BCUT2D eigenvalue weighted by Crippen LogP contribution is 2.28. The topological polar surface area (TPSA) is 46.2 Å². The second-order valence-electron chi connectivity index (χ2n) is 3.55. The van der Waals surface area contributed by atoms with Crippen molar-refractivity contribution < 1.29 is 13.9 Å². The van der Waals surface area contributed by atoms with Gasteiger partial charge in [0, 0.05) is 18.2 Å². The van der Waals surface area contributed by atoms with Crippen molar-refractivity contribution in [1.82, 2.24) is 0 Å². The number of alkyl halides is 2. The van der Waals surface area contributed by atoms with E-state index in [2.05, 4.69) is 0 Å². The lowest BCUT2D eigenvalue weighted by atomic mass is 9.97. The number of nitrogens with two attached hydrogens (primary N) is 1. The highest BCUT2D eigenvalue weighted by atomic mass is 19.3. The minimum atomic E-state index is -2.52. The molecule has 0 saturated heterocycles. The van der Waals surface area contributed by atoms with E-state index in [1.54, 1.807) is 12.1 Å². The molecule has 0 bridgehead atoms. The number of rotatable bonds is 4. The van der Waals surface area contributed by atoms with Gasteiger partial charge in [-0.2, -0.15) is 0 Å². The standard InChI is InChI=1S/C11H15F2NO/c1-7-2-3-8(11(12)13)9(6-7)10(14)4-5-15/h2-3,6,10-11,15H,4-5,14H2,1H3. The highest BCUT2D eigenvalue weighted by molar-refractivity contribution is 5.34. The van der Waals surface area contributed by atoms with Crippen LogP contribution < -0.4 is 5.73 Å². The minimum absolute atomic E-state index is 0.0402. The lowest BCUT2D eigenvalue weighted by Crippen LogP contribution is -2.14. The maximum Gasteiger partial charge on any atom is 0.264 e. The molecule has 1 unspecified atom stereocenters. The molecule has 0 heterocycles. The largest absolute Gasteiger partial charge is 0.396 e. The molecule has 0 amide bonds. The van der Waals surface area contributed by atoms with Gasteiger partial charge in [-0.15, -0.1) is 0 Å². The molecule has 0 aliphatic heterocycles. The van der Waals surface area contributed by atoms with E-state index in [-0.39, 0.29) is 12.2 Å². The monoisotopic (exact) mass is 215 g/mol. The smallest absolute Gasteiger partial charge is 0.264 e. The van der Waals surface area contributed by atoms with Gasteiger partial charge in [0.15, 0.2) is 0 Å². The molecule has 1 rings (SSSR count). The zero-order valence-corrected chi connectivity index (χ0v) is 8.58. The molecular weight excluding hydrogens is 200 g/mol. The van der Waals surface area contributed by atoms with Crippen LogP contribution in [0.4, 0.5) is 8.78 Å². The summed E-state index contributed by atoms with van der Waals surface area (Å²) in [5, 5.41) is 8.73.